The molecule has 1 aromatic carbocycles. The molecular weight excluding hydrogens is 272 g/mol. The molecule has 1 aromatic rings. The van der Waals surface area contributed by atoms with E-state index in [1.165, 1.54) is 12.1 Å². The zero-order chi connectivity index (χ0) is 14.0. The number of halogens is 3. The summed E-state index contributed by atoms with van der Waals surface area (Å²) in [5.41, 5.74) is -1.26. The van der Waals surface area contributed by atoms with E-state index in [1.54, 1.807) is 0 Å². The zero-order valence-corrected chi connectivity index (χ0v) is 9.91. The number of hydrogen-bond donors (Lipinski definition) is 2. The van der Waals surface area contributed by atoms with Gasteiger partial charge in [0.25, 0.3) is 0 Å². The van der Waals surface area contributed by atoms with Crippen molar-refractivity contribution in [3.63, 3.8) is 0 Å². The van der Waals surface area contributed by atoms with Crippen molar-refractivity contribution < 1.29 is 32.3 Å². The van der Waals surface area contributed by atoms with Crippen molar-refractivity contribution in [3.05, 3.63) is 35.4 Å². The quantitative estimate of drug-likeness (QED) is 0.828. The molecule has 0 unspecified atom stereocenters. The van der Waals surface area contributed by atoms with E-state index < -0.39 is 37.7 Å². The monoisotopic (exact) mass is 282 g/mol. The molecule has 1 rings (SSSR count). The van der Waals surface area contributed by atoms with Crippen molar-refractivity contribution in [2.24, 2.45) is 0 Å². The van der Waals surface area contributed by atoms with Crippen LogP contribution in [0.25, 0.3) is 0 Å². The second kappa shape index (κ2) is 5.22. The van der Waals surface area contributed by atoms with Crippen LogP contribution in [0.2, 0.25) is 0 Å². The van der Waals surface area contributed by atoms with Gasteiger partial charge in [0.05, 0.1) is 5.56 Å². The maximum atomic E-state index is 12.6. The fourth-order valence-corrected chi connectivity index (χ4v) is 2.02. The molecule has 0 spiro atoms. The Bertz CT molecular complexity index is 492. The minimum atomic E-state index is -4.60. The number of alkyl halides is 3. The lowest BCUT2D eigenvalue weighted by Gasteiger charge is -2.12. The third-order valence-electron chi connectivity index (χ3n) is 2.09. The van der Waals surface area contributed by atoms with Gasteiger partial charge in [-0.25, -0.2) is 0 Å². The molecule has 4 nitrogen and oxygen atoms in total. The normalized spacial score (nSPS) is 12.5. The lowest BCUT2D eigenvalue weighted by Crippen LogP contribution is -2.14. The van der Waals surface area contributed by atoms with Crippen LogP contribution in [-0.4, -0.2) is 21.7 Å². The van der Waals surface area contributed by atoms with E-state index in [2.05, 4.69) is 0 Å². The Labute approximate surface area is 101 Å². The molecule has 0 aliphatic rings. The zero-order valence-electron chi connectivity index (χ0n) is 9.02. The molecule has 0 atom stereocenters. The van der Waals surface area contributed by atoms with Gasteiger partial charge in [0.15, 0.2) is 0 Å². The molecule has 2 N–H and O–H groups in total. The molecule has 0 saturated carbocycles. The van der Waals surface area contributed by atoms with E-state index in [0.29, 0.717) is 0 Å². The van der Waals surface area contributed by atoms with Crippen molar-refractivity contribution in [1.29, 1.82) is 0 Å². The smallest absolute Gasteiger partial charge is 0.324 e. The highest BCUT2D eigenvalue weighted by Crippen LogP contribution is 2.35. The van der Waals surface area contributed by atoms with E-state index in [0.717, 1.165) is 12.1 Å². The Morgan fingerprint density at radius 3 is 2.28 bits per heavy atom. The number of benzene rings is 1. The number of rotatable bonds is 4. The van der Waals surface area contributed by atoms with Crippen molar-refractivity contribution >= 4 is 13.4 Å². The fourth-order valence-electron chi connectivity index (χ4n) is 1.45. The van der Waals surface area contributed by atoms with E-state index >= 15 is 0 Å². The van der Waals surface area contributed by atoms with Crippen molar-refractivity contribution in [2.45, 2.75) is 12.6 Å². The molecule has 0 amide bonds. The molecule has 0 aliphatic heterocycles. The Hall–Kier alpha value is -1.17. The van der Waals surface area contributed by atoms with E-state index in [4.69, 9.17) is 9.79 Å². The first kappa shape index (κ1) is 14.9. The van der Waals surface area contributed by atoms with Crippen LogP contribution in [0.15, 0.2) is 24.3 Å². The summed E-state index contributed by atoms with van der Waals surface area (Å²) < 4.78 is 48.3. The Morgan fingerprint density at radius 1 is 1.22 bits per heavy atom. The van der Waals surface area contributed by atoms with Crippen LogP contribution in [0, 0.1) is 0 Å². The summed E-state index contributed by atoms with van der Waals surface area (Å²) in [6.45, 7) is 0. The average Bonchev–Trinajstić information content (AvgIpc) is 2.13. The van der Waals surface area contributed by atoms with Crippen LogP contribution in [0.5, 0.6) is 0 Å². The average molecular weight is 282 g/mol. The third-order valence-corrected chi connectivity index (χ3v) is 2.86. The van der Waals surface area contributed by atoms with Crippen LogP contribution in [0.3, 0.4) is 0 Å². The lowest BCUT2D eigenvalue weighted by molar-refractivity contribution is -0.138. The van der Waals surface area contributed by atoms with Gasteiger partial charge in [-0.3, -0.25) is 9.36 Å². The van der Waals surface area contributed by atoms with Crippen LogP contribution in [0.1, 0.15) is 11.1 Å². The van der Waals surface area contributed by atoms with Crippen LogP contribution in [-0.2, 0) is 22.0 Å². The maximum Gasteiger partial charge on any atom is 0.416 e. The number of hydrogen-bond acceptors (Lipinski definition) is 2. The molecule has 0 aromatic heterocycles. The number of ketones is 1. The Balaban J connectivity index is 2.92. The minimum Gasteiger partial charge on any atom is -0.324 e. The molecule has 0 aliphatic carbocycles. The largest absolute Gasteiger partial charge is 0.416 e. The summed E-state index contributed by atoms with van der Waals surface area (Å²) in [5.74, 6) is -0.931. The topological polar surface area (TPSA) is 74.6 Å². The first-order chi connectivity index (χ1) is 8.09. The van der Waals surface area contributed by atoms with Gasteiger partial charge in [0.2, 0.25) is 0 Å². The summed E-state index contributed by atoms with van der Waals surface area (Å²) in [6, 6.07) is 4.44. The highest BCUT2D eigenvalue weighted by Gasteiger charge is 2.33. The highest BCUT2D eigenvalue weighted by atomic mass is 31.2. The number of carbonyl (C=O) groups is 1. The Morgan fingerprint density at radius 2 is 1.78 bits per heavy atom. The molecule has 0 fully saturated rings. The van der Waals surface area contributed by atoms with Gasteiger partial charge in [0, 0.05) is 6.42 Å². The van der Waals surface area contributed by atoms with Gasteiger partial charge < -0.3 is 9.79 Å². The van der Waals surface area contributed by atoms with E-state index in [9.17, 15) is 22.5 Å². The summed E-state index contributed by atoms with van der Waals surface area (Å²) in [4.78, 5) is 28.4. The van der Waals surface area contributed by atoms with E-state index in [-0.39, 0.29) is 5.56 Å². The fraction of sp³-hybridized carbons (Fsp3) is 0.300. The van der Waals surface area contributed by atoms with Crippen molar-refractivity contribution in [3.8, 4) is 0 Å². The summed E-state index contributed by atoms with van der Waals surface area (Å²) in [7, 11) is -4.55. The van der Waals surface area contributed by atoms with Crippen LogP contribution >= 0.6 is 7.60 Å². The molecule has 0 saturated heterocycles. The van der Waals surface area contributed by atoms with Crippen molar-refractivity contribution in [2.75, 3.05) is 6.16 Å². The highest BCUT2D eigenvalue weighted by molar-refractivity contribution is 7.52. The van der Waals surface area contributed by atoms with E-state index in [1.807, 2.05) is 0 Å². The molecular formula is C10H10F3O4P. The van der Waals surface area contributed by atoms with Gasteiger partial charge in [-0.2, -0.15) is 13.2 Å². The second-order valence-electron chi connectivity index (χ2n) is 3.69. The minimum absolute atomic E-state index is 0.288. The molecule has 100 valence electrons. The third kappa shape index (κ3) is 4.60. The Kier molecular flexibility index (Phi) is 4.32. The second-order valence-corrected chi connectivity index (χ2v) is 5.34. The van der Waals surface area contributed by atoms with Gasteiger partial charge >= 0.3 is 13.8 Å². The van der Waals surface area contributed by atoms with Crippen molar-refractivity contribution in [1.82, 2.24) is 0 Å². The number of carbonyl (C=O) groups excluding carboxylic acids is 1. The lowest BCUT2D eigenvalue weighted by atomic mass is 10.0. The molecule has 8 heteroatoms. The maximum absolute atomic E-state index is 12.6. The molecule has 0 bridgehead atoms. The van der Waals surface area contributed by atoms with Gasteiger partial charge in [0.1, 0.15) is 11.9 Å². The predicted molar refractivity (Wildman–Crippen MR) is 57.1 cm³/mol. The standard InChI is InChI=1S/C10H10F3O4P/c11-10(12,13)9-4-2-1-3-7(9)5-8(14)6-18(15,16)17/h1-4H,5-6H2,(H2,15,16,17). The van der Waals surface area contributed by atoms with Gasteiger partial charge in [-0.05, 0) is 11.6 Å². The van der Waals surface area contributed by atoms with Gasteiger partial charge in [-0.1, -0.05) is 18.2 Å². The molecule has 0 radical (unpaired) electrons. The van der Waals surface area contributed by atoms with Crippen LogP contribution in [0.4, 0.5) is 13.2 Å². The SMILES string of the molecule is O=C(Cc1ccccc1C(F)(F)F)CP(=O)(O)O. The summed E-state index contributed by atoms with van der Waals surface area (Å²) in [5, 5.41) is 0. The van der Waals surface area contributed by atoms with Crippen LogP contribution < -0.4 is 0 Å². The summed E-state index contributed by atoms with van der Waals surface area (Å²) >= 11 is 0. The number of Topliss-reactive ketones (excluding diaryl/α,β-unsaturated/α-hetero) is 1. The molecule has 18 heavy (non-hydrogen) atoms. The first-order valence-corrected chi connectivity index (χ1v) is 6.61. The predicted octanol–water partition coefficient (Wildman–Crippen LogP) is 1.99. The summed E-state index contributed by atoms with van der Waals surface area (Å²) in [6.07, 6.45) is -6.31. The molecule has 0 heterocycles. The first-order valence-electron chi connectivity index (χ1n) is 4.81. The van der Waals surface area contributed by atoms with Gasteiger partial charge in [-0.15, -0.1) is 0 Å².